The summed E-state index contributed by atoms with van der Waals surface area (Å²) in [5.74, 6) is -1.41. The third kappa shape index (κ3) is 5.93. The Hall–Kier alpha value is -0.840. The van der Waals surface area contributed by atoms with E-state index >= 15 is 0 Å². The van der Waals surface area contributed by atoms with Gasteiger partial charge in [-0.1, -0.05) is 19.9 Å². The van der Waals surface area contributed by atoms with E-state index in [9.17, 15) is 9.00 Å². The van der Waals surface area contributed by atoms with Crippen LogP contribution in [0, 0.1) is 5.92 Å². The van der Waals surface area contributed by atoms with Crippen molar-refractivity contribution in [2.75, 3.05) is 26.4 Å². The minimum atomic E-state index is -1.20. The number of carbonyl (C=O) groups is 1. The highest BCUT2D eigenvalue weighted by molar-refractivity contribution is 7.84. The van der Waals surface area contributed by atoms with Crippen LogP contribution in [-0.4, -0.2) is 75.4 Å². The number of esters is 1. The molecule has 2 fully saturated rings. The summed E-state index contributed by atoms with van der Waals surface area (Å²) >= 11 is 0. The van der Waals surface area contributed by atoms with Crippen molar-refractivity contribution < 1.29 is 32.7 Å². The van der Waals surface area contributed by atoms with E-state index in [-0.39, 0.29) is 24.9 Å². The summed E-state index contributed by atoms with van der Waals surface area (Å²) in [4.78, 5) is 13.4. The molecule has 0 bridgehead atoms. The van der Waals surface area contributed by atoms with Gasteiger partial charge in [-0.25, -0.2) is 13.3 Å². The molecule has 0 spiro atoms. The van der Waals surface area contributed by atoms with Crippen LogP contribution in [0.15, 0.2) is 11.6 Å². The average Bonchev–Trinajstić information content (AvgIpc) is 3.26. The Bertz CT molecular complexity index is 785. The maximum absolute atomic E-state index is 13.4. The Morgan fingerprint density at radius 3 is 2.41 bits per heavy atom. The second kappa shape index (κ2) is 10.6. The van der Waals surface area contributed by atoms with Gasteiger partial charge in [-0.3, -0.25) is 0 Å². The quantitative estimate of drug-likeness (QED) is 0.370. The average molecular weight is 502 g/mol. The van der Waals surface area contributed by atoms with Crippen molar-refractivity contribution in [2.24, 2.45) is 5.92 Å². The van der Waals surface area contributed by atoms with Gasteiger partial charge in [-0.05, 0) is 65.9 Å². The van der Waals surface area contributed by atoms with Crippen LogP contribution in [0.4, 0.5) is 0 Å². The largest absolute Gasteiger partial charge is 0.459 e. The normalized spacial score (nSPS) is 31.6. The van der Waals surface area contributed by atoms with Crippen LogP contribution in [0.1, 0.15) is 74.7 Å². The Kier molecular flexibility index (Phi) is 8.69. The Labute approximate surface area is 207 Å². The van der Waals surface area contributed by atoms with Crippen LogP contribution in [0.5, 0.6) is 0 Å². The lowest BCUT2D eigenvalue weighted by Crippen LogP contribution is -2.52. The molecule has 0 radical (unpaired) electrons. The summed E-state index contributed by atoms with van der Waals surface area (Å²) in [5, 5.41) is 0. The van der Waals surface area contributed by atoms with Crippen molar-refractivity contribution in [3.63, 3.8) is 0 Å². The molecule has 0 amide bonds. The molecule has 3 rings (SSSR count). The summed E-state index contributed by atoms with van der Waals surface area (Å²) in [7, 11) is -1.20. The summed E-state index contributed by atoms with van der Waals surface area (Å²) < 4.78 is 44.2. The van der Waals surface area contributed by atoms with E-state index in [0.29, 0.717) is 32.6 Å². The first-order valence-corrected chi connectivity index (χ1v) is 13.5. The summed E-state index contributed by atoms with van der Waals surface area (Å²) in [6, 6.07) is -0.119. The first-order chi connectivity index (χ1) is 15.8. The lowest BCUT2D eigenvalue weighted by atomic mass is 9.85. The Morgan fingerprint density at radius 1 is 1.24 bits per heavy atom. The molecular weight excluding hydrogens is 458 g/mol. The molecule has 0 aromatic rings. The zero-order valence-electron chi connectivity index (χ0n) is 22.0. The topological polar surface area (TPSA) is 83.5 Å². The van der Waals surface area contributed by atoms with Crippen molar-refractivity contribution in [3.05, 3.63) is 11.6 Å². The zero-order chi connectivity index (χ0) is 25.3. The van der Waals surface area contributed by atoms with Crippen LogP contribution >= 0.6 is 0 Å². The molecule has 2 saturated heterocycles. The maximum Gasteiger partial charge on any atom is 0.341 e. The van der Waals surface area contributed by atoms with E-state index in [2.05, 4.69) is 0 Å². The smallest absolute Gasteiger partial charge is 0.341 e. The monoisotopic (exact) mass is 501 g/mol. The van der Waals surface area contributed by atoms with Gasteiger partial charge in [0.05, 0.1) is 24.1 Å². The van der Waals surface area contributed by atoms with Crippen molar-refractivity contribution in [1.82, 2.24) is 4.31 Å². The molecule has 196 valence electrons. The molecule has 0 aromatic carbocycles. The predicted octanol–water partition coefficient (Wildman–Crippen LogP) is 3.71. The molecule has 3 aliphatic rings. The number of carbonyl (C=O) groups excluding carboxylic acids is 1. The molecule has 34 heavy (non-hydrogen) atoms. The fourth-order valence-electron chi connectivity index (χ4n) is 4.99. The molecule has 4 atom stereocenters. The second-order valence-electron chi connectivity index (χ2n) is 11.1. The van der Waals surface area contributed by atoms with Crippen LogP contribution in [0.3, 0.4) is 0 Å². The summed E-state index contributed by atoms with van der Waals surface area (Å²) in [6.45, 7) is 17.3. The van der Waals surface area contributed by atoms with Gasteiger partial charge in [0.2, 0.25) is 0 Å². The molecular formula is C25H43NO7S. The van der Waals surface area contributed by atoms with E-state index < -0.39 is 39.2 Å². The van der Waals surface area contributed by atoms with E-state index in [1.165, 1.54) is 0 Å². The third-order valence-corrected chi connectivity index (χ3v) is 8.52. The maximum atomic E-state index is 13.4. The van der Waals surface area contributed by atoms with Crippen molar-refractivity contribution in [3.8, 4) is 0 Å². The van der Waals surface area contributed by atoms with Crippen LogP contribution < -0.4 is 0 Å². The number of hydrogen-bond donors (Lipinski definition) is 0. The number of ether oxygens (including phenoxy) is 5. The Balaban J connectivity index is 1.71. The van der Waals surface area contributed by atoms with Gasteiger partial charge >= 0.3 is 5.97 Å². The fraction of sp³-hybridized carbons (Fsp3) is 0.880. The summed E-state index contributed by atoms with van der Waals surface area (Å²) in [5.41, 5.74) is -0.220. The fourth-order valence-corrected chi connectivity index (χ4v) is 6.38. The lowest BCUT2D eigenvalue weighted by molar-refractivity contribution is -0.196. The van der Waals surface area contributed by atoms with Gasteiger partial charge in [0, 0.05) is 19.0 Å². The van der Waals surface area contributed by atoms with Gasteiger partial charge in [-0.2, -0.15) is 0 Å². The third-order valence-electron chi connectivity index (χ3n) is 6.64. The van der Waals surface area contributed by atoms with E-state index in [1.807, 2.05) is 65.8 Å². The van der Waals surface area contributed by atoms with E-state index in [4.69, 9.17) is 23.7 Å². The van der Waals surface area contributed by atoms with Gasteiger partial charge in [0.25, 0.3) is 0 Å². The zero-order valence-corrected chi connectivity index (χ0v) is 22.9. The van der Waals surface area contributed by atoms with Crippen molar-refractivity contribution >= 4 is 17.0 Å². The molecule has 0 unspecified atom stereocenters. The SMILES string of the molecule is CC(C)[C@]1(C(=O)OCC2=CCN([S@@](=O)C(C)(C)C)[C@H]2CCC2OCCCO2)OC(C)(C)O[C@H]1C. The second-order valence-corrected chi connectivity index (χ2v) is 13.3. The molecule has 8 nitrogen and oxygen atoms in total. The van der Waals surface area contributed by atoms with E-state index in [1.54, 1.807) is 0 Å². The van der Waals surface area contributed by atoms with Gasteiger partial charge in [0.15, 0.2) is 17.7 Å². The minimum absolute atomic E-state index is 0.119. The standard InChI is InChI=1S/C25H43NO7S/c1-17(2)25(18(3)32-24(7,8)33-25)22(27)31-16-19-12-13-26(34(28)23(4,5)6)20(19)10-11-21-29-14-9-15-30-21/h12,17-18,20-21H,9-11,13-16H2,1-8H3/t18-,20-,25-,34-/m0/s1. The first kappa shape index (κ1) is 27.7. The number of nitrogens with zero attached hydrogens (tertiary/aromatic N) is 1. The van der Waals surface area contributed by atoms with Crippen molar-refractivity contribution in [1.29, 1.82) is 0 Å². The molecule has 9 heteroatoms. The molecule has 0 N–H and O–H groups in total. The number of rotatable bonds is 8. The summed E-state index contributed by atoms with van der Waals surface area (Å²) in [6.07, 6.45) is 3.64. The van der Waals surface area contributed by atoms with Gasteiger partial charge in [-0.15, -0.1) is 0 Å². The lowest BCUT2D eigenvalue weighted by Gasteiger charge is -2.34. The van der Waals surface area contributed by atoms with Gasteiger partial charge in [0.1, 0.15) is 17.6 Å². The van der Waals surface area contributed by atoms with Crippen LogP contribution in [0.25, 0.3) is 0 Å². The molecule has 0 aliphatic carbocycles. The highest BCUT2D eigenvalue weighted by Crippen LogP contribution is 2.42. The van der Waals surface area contributed by atoms with E-state index in [0.717, 1.165) is 12.0 Å². The van der Waals surface area contributed by atoms with Crippen LogP contribution in [-0.2, 0) is 39.5 Å². The van der Waals surface area contributed by atoms with Crippen molar-refractivity contribution in [2.45, 2.75) is 109 Å². The molecule has 3 aliphatic heterocycles. The molecule has 0 aromatic heterocycles. The van der Waals surface area contributed by atoms with Crippen LogP contribution in [0.2, 0.25) is 0 Å². The van der Waals surface area contributed by atoms with Gasteiger partial charge < -0.3 is 23.7 Å². The Morgan fingerprint density at radius 2 is 1.88 bits per heavy atom. The number of hydrogen-bond acceptors (Lipinski definition) is 7. The molecule has 3 heterocycles. The minimum Gasteiger partial charge on any atom is -0.459 e. The highest BCUT2D eigenvalue weighted by atomic mass is 32.2. The predicted molar refractivity (Wildman–Crippen MR) is 130 cm³/mol. The molecule has 0 saturated carbocycles. The first-order valence-electron chi connectivity index (χ1n) is 12.4. The highest BCUT2D eigenvalue weighted by Gasteiger charge is 2.59.